The Balaban J connectivity index is 2.03. The highest BCUT2D eigenvalue weighted by Gasteiger charge is 2.18. The Bertz CT molecular complexity index is 799. The van der Waals surface area contributed by atoms with Crippen molar-refractivity contribution in [2.24, 2.45) is 0 Å². The van der Waals surface area contributed by atoms with Gasteiger partial charge < -0.3 is 10.5 Å². The Kier molecular flexibility index (Phi) is 3.17. The second-order valence-corrected chi connectivity index (χ2v) is 4.88. The molecule has 102 valence electrons. The van der Waals surface area contributed by atoms with Crippen LogP contribution in [0.15, 0.2) is 24.3 Å². The second kappa shape index (κ2) is 5.15. The van der Waals surface area contributed by atoms with Crippen LogP contribution in [0.3, 0.4) is 0 Å². The number of aromatic nitrogens is 1. The zero-order chi connectivity index (χ0) is 14.8. The summed E-state index contributed by atoms with van der Waals surface area (Å²) in [6.07, 6.45) is 2.88. The number of aryl methyl sites for hydroxylation is 2. The molecule has 2 aromatic rings. The van der Waals surface area contributed by atoms with E-state index >= 15 is 0 Å². The first-order chi connectivity index (χ1) is 10.2. The maximum absolute atomic E-state index is 9.24. The Labute approximate surface area is 122 Å². The van der Waals surface area contributed by atoms with Crippen LogP contribution in [0.4, 0.5) is 5.69 Å². The van der Waals surface area contributed by atoms with Crippen molar-refractivity contribution in [3.8, 4) is 23.8 Å². The van der Waals surface area contributed by atoms with Crippen molar-refractivity contribution < 1.29 is 4.74 Å². The van der Waals surface area contributed by atoms with Crippen molar-refractivity contribution in [2.45, 2.75) is 19.3 Å². The monoisotopic (exact) mass is 276 g/mol. The van der Waals surface area contributed by atoms with E-state index < -0.39 is 0 Å². The van der Waals surface area contributed by atoms with Crippen LogP contribution in [-0.4, -0.2) is 4.98 Å². The second-order valence-electron chi connectivity index (χ2n) is 4.88. The van der Waals surface area contributed by atoms with Gasteiger partial charge in [-0.25, -0.2) is 4.98 Å². The van der Waals surface area contributed by atoms with E-state index in [1.807, 2.05) is 12.1 Å². The van der Waals surface area contributed by atoms with Gasteiger partial charge in [0.05, 0.1) is 5.56 Å². The number of nitriles is 2. The summed E-state index contributed by atoms with van der Waals surface area (Å²) in [5, 5.41) is 18.4. The van der Waals surface area contributed by atoms with Crippen LogP contribution in [-0.2, 0) is 12.8 Å². The van der Waals surface area contributed by atoms with Crippen molar-refractivity contribution in [3.63, 3.8) is 0 Å². The predicted molar refractivity (Wildman–Crippen MR) is 76.6 cm³/mol. The van der Waals surface area contributed by atoms with Gasteiger partial charge in [-0.15, -0.1) is 0 Å². The van der Waals surface area contributed by atoms with Gasteiger partial charge in [-0.2, -0.15) is 10.5 Å². The third-order valence-corrected chi connectivity index (χ3v) is 3.47. The Morgan fingerprint density at radius 2 is 1.90 bits per heavy atom. The molecule has 2 N–H and O–H groups in total. The molecule has 0 fully saturated rings. The fourth-order valence-electron chi connectivity index (χ4n) is 2.44. The van der Waals surface area contributed by atoms with E-state index in [9.17, 15) is 5.26 Å². The molecule has 0 amide bonds. The van der Waals surface area contributed by atoms with E-state index in [2.05, 4.69) is 11.1 Å². The Morgan fingerprint density at radius 3 is 2.67 bits per heavy atom. The van der Waals surface area contributed by atoms with Crippen molar-refractivity contribution in [2.75, 3.05) is 5.73 Å². The Hall–Kier alpha value is -3.05. The van der Waals surface area contributed by atoms with Crippen molar-refractivity contribution in [3.05, 3.63) is 46.6 Å². The summed E-state index contributed by atoms with van der Waals surface area (Å²) < 4.78 is 5.69. The zero-order valence-electron chi connectivity index (χ0n) is 11.3. The summed E-state index contributed by atoms with van der Waals surface area (Å²) >= 11 is 0. The van der Waals surface area contributed by atoms with Crippen molar-refractivity contribution in [1.29, 1.82) is 10.5 Å². The van der Waals surface area contributed by atoms with Gasteiger partial charge in [-0.05, 0) is 49.1 Å². The lowest BCUT2D eigenvalue weighted by Crippen LogP contribution is -1.99. The number of nitrogens with two attached hydrogens (primary N) is 1. The van der Waals surface area contributed by atoms with Crippen molar-refractivity contribution in [1.82, 2.24) is 4.98 Å². The topological polar surface area (TPSA) is 95.7 Å². The SMILES string of the molecule is N#Cc1cc(N)ccc1Oc1nc2c(cc1C#N)CCC2. The molecule has 0 saturated carbocycles. The van der Waals surface area contributed by atoms with Gasteiger partial charge in [0.2, 0.25) is 5.88 Å². The number of nitrogens with zero attached hydrogens (tertiary/aromatic N) is 3. The van der Waals surface area contributed by atoms with Crippen molar-refractivity contribution >= 4 is 5.69 Å². The lowest BCUT2D eigenvalue weighted by Gasteiger charge is -2.10. The maximum atomic E-state index is 9.24. The first-order valence-electron chi connectivity index (χ1n) is 6.61. The molecule has 3 rings (SSSR count). The normalized spacial score (nSPS) is 12.3. The molecule has 1 aromatic heterocycles. The number of pyridine rings is 1. The first-order valence-corrected chi connectivity index (χ1v) is 6.61. The van der Waals surface area contributed by atoms with Crippen LogP contribution in [0.1, 0.15) is 28.8 Å². The summed E-state index contributed by atoms with van der Waals surface area (Å²) in [5.74, 6) is 0.605. The van der Waals surface area contributed by atoms with Gasteiger partial charge in [0.1, 0.15) is 23.5 Å². The summed E-state index contributed by atoms with van der Waals surface area (Å²) in [5.41, 5.74) is 8.92. The smallest absolute Gasteiger partial charge is 0.237 e. The van der Waals surface area contributed by atoms with Crippen LogP contribution < -0.4 is 10.5 Å². The fourth-order valence-corrected chi connectivity index (χ4v) is 2.44. The molecule has 0 atom stereocenters. The molecular weight excluding hydrogens is 264 g/mol. The summed E-state index contributed by atoms with van der Waals surface area (Å²) in [6, 6.07) is 10.8. The van der Waals surface area contributed by atoms with E-state index in [1.54, 1.807) is 12.1 Å². The first kappa shape index (κ1) is 13.0. The minimum Gasteiger partial charge on any atom is -0.436 e. The van der Waals surface area contributed by atoms with Gasteiger partial charge in [-0.1, -0.05) is 0 Å². The fraction of sp³-hybridized carbons (Fsp3) is 0.188. The maximum Gasteiger partial charge on any atom is 0.237 e. The van der Waals surface area contributed by atoms with E-state index in [0.717, 1.165) is 30.5 Å². The van der Waals surface area contributed by atoms with Crippen LogP contribution >= 0.6 is 0 Å². The lowest BCUT2D eigenvalue weighted by molar-refractivity contribution is 0.458. The number of anilines is 1. The molecule has 1 aliphatic rings. The van der Waals surface area contributed by atoms with Gasteiger partial charge in [0, 0.05) is 11.4 Å². The van der Waals surface area contributed by atoms with E-state index in [-0.39, 0.29) is 5.88 Å². The summed E-state index contributed by atoms with van der Waals surface area (Å²) in [6.45, 7) is 0. The van der Waals surface area contributed by atoms with Gasteiger partial charge in [-0.3, -0.25) is 0 Å². The third-order valence-electron chi connectivity index (χ3n) is 3.47. The number of ether oxygens (including phenoxy) is 1. The Morgan fingerprint density at radius 1 is 1.10 bits per heavy atom. The standard InChI is InChI=1S/C16H12N4O/c17-8-11-7-13(19)4-5-15(11)21-16-12(9-18)6-10-2-1-3-14(10)20-16/h4-7H,1-3,19H2. The highest BCUT2D eigenvalue weighted by atomic mass is 16.5. The number of benzene rings is 1. The number of hydrogen-bond donors (Lipinski definition) is 1. The highest BCUT2D eigenvalue weighted by molar-refractivity contribution is 5.55. The molecule has 0 aliphatic heterocycles. The molecule has 1 aliphatic carbocycles. The molecule has 5 heteroatoms. The number of fused-ring (bicyclic) bond motifs is 1. The summed E-state index contributed by atoms with van der Waals surface area (Å²) in [7, 11) is 0. The van der Waals surface area contributed by atoms with E-state index in [1.165, 1.54) is 6.07 Å². The van der Waals surface area contributed by atoms with E-state index in [0.29, 0.717) is 22.6 Å². The van der Waals surface area contributed by atoms with Gasteiger partial charge >= 0.3 is 0 Å². The minimum atomic E-state index is 0.249. The van der Waals surface area contributed by atoms with Crippen LogP contribution in [0.2, 0.25) is 0 Å². The summed E-state index contributed by atoms with van der Waals surface area (Å²) in [4.78, 5) is 4.43. The largest absolute Gasteiger partial charge is 0.436 e. The third kappa shape index (κ3) is 2.37. The van der Waals surface area contributed by atoms with Crippen LogP contribution in [0, 0.1) is 22.7 Å². The van der Waals surface area contributed by atoms with E-state index in [4.69, 9.17) is 15.7 Å². The molecule has 0 spiro atoms. The minimum absolute atomic E-state index is 0.249. The molecule has 0 unspecified atom stereocenters. The molecule has 1 aromatic carbocycles. The number of rotatable bonds is 2. The quantitative estimate of drug-likeness (QED) is 0.851. The molecule has 0 saturated heterocycles. The molecule has 1 heterocycles. The molecular formula is C16H12N4O. The van der Waals surface area contributed by atoms with Gasteiger partial charge in [0.25, 0.3) is 0 Å². The number of hydrogen-bond acceptors (Lipinski definition) is 5. The zero-order valence-corrected chi connectivity index (χ0v) is 11.3. The molecule has 0 bridgehead atoms. The molecule has 0 radical (unpaired) electrons. The molecule has 5 nitrogen and oxygen atoms in total. The number of nitrogen functional groups attached to an aromatic ring is 1. The highest BCUT2D eigenvalue weighted by Crippen LogP contribution is 2.31. The predicted octanol–water partition coefficient (Wildman–Crippen LogP) is 2.69. The average molecular weight is 276 g/mol. The van der Waals surface area contributed by atoms with Gasteiger partial charge in [0.15, 0.2) is 0 Å². The lowest BCUT2D eigenvalue weighted by atomic mass is 10.1. The van der Waals surface area contributed by atoms with Crippen LogP contribution in [0.25, 0.3) is 0 Å². The average Bonchev–Trinajstić information content (AvgIpc) is 2.95. The molecule has 21 heavy (non-hydrogen) atoms. The van der Waals surface area contributed by atoms with Crippen LogP contribution in [0.5, 0.6) is 11.6 Å².